The molecule has 1 aliphatic rings. The fourth-order valence-corrected chi connectivity index (χ4v) is 2.16. The van der Waals surface area contributed by atoms with Gasteiger partial charge in [0.2, 0.25) is 0 Å². The molecule has 1 N–H and O–H groups in total. The van der Waals surface area contributed by atoms with Crippen molar-refractivity contribution in [1.29, 1.82) is 0 Å². The molecule has 3 nitrogen and oxygen atoms in total. The molecule has 0 aliphatic carbocycles. The van der Waals surface area contributed by atoms with E-state index in [4.69, 9.17) is 9.47 Å². The van der Waals surface area contributed by atoms with Crippen LogP contribution in [0.25, 0.3) is 0 Å². The van der Waals surface area contributed by atoms with Gasteiger partial charge in [0.25, 0.3) is 0 Å². The smallest absolute Gasteiger partial charge is 0.126 e. The van der Waals surface area contributed by atoms with Crippen molar-refractivity contribution in [3.8, 4) is 5.75 Å². The Bertz CT molecular complexity index is 384. The Kier molecular flexibility index (Phi) is 4.55. The summed E-state index contributed by atoms with van der Waals surface area (Å²) in [6.45, 7) is 5.51. The minimum atomic E-state index is -0.270. The average molecular weight is 253 g/mol. The van der Waals surface area contributed by atoms with Crippen LogP contribution in [0.5, 0.6) is 5.75 Å². The SMILES string of the molecule is CC(C)N[C@@H]1COCC[C@@H]1Oc1cccc(F)c1. The van der Waals surface area contributed by atoms with E-state index in [1.54, 1.807) is 12.1 Å². The van der Waals surface area contributed by atoms with Gasteiger partial charge in [-0.25, -0.2) is 4.39 Å². The van der Waals surface area contributed by atoms with E-state index in [2.05, 4.69) is 19.2 Å². The highest BCUT2D eigenvalue weighted by Crippen LogP contribution is 2.19. The van der Waals surface area contributed by atoms with Crippen molar-refractivity contribution in [2.45, 2.75) is 38.5 Å². The van der Waals surface area contributed by atoms with E-state index in [1.165, 1.54) is 12.1 Å². The molecule has 1 saturated heterocycles. The zero-order valence-electron chi connectivity index (χ0n) is 10.9. The highest BCUT2D eigenvalue weighted by molar-refractivity contribution is 5.23. The van der Waals surface area contributed by atoms with E-state index in [9.17, 15) is 4.39 Å². The molecule has 100 valence electrons. The highest BCUT2D eigenvalue weighted by atomic mass is 19.1. The summed E-state index contributed by atoms with van der Waals surface area (Å²) in [5.41, 5.74) is 0. The first-order valence-electron chi connectivity index (χ1n) is 6.41. The second-order valence-corrected chi connectivity index (χ2v) is 4.91. The maximum Gasteiger partial charge on any atom is 0.126 e. The van der Waals surface area contributed by atoms with Crippen LogP contribution in [0.15, 0.2) is 24.3 Å². The van der Waals surface area contributed by atoms with Crippen LogP contribution >= 0.6 is 0 Å². The van der Waals surface area contributed by atoms with Crippen LogP contribution in [0.1, 0.15) is 20.3 Å². The van der Waals surface area contributed by atoms with Gasteiger partial charge in [-0.15, -0.1) is 0 Å². The van der Waals surface area contributed by atoms with Crippen LogP contribution in [-0.4, -0.2) is 31.4 Å². The van der Waals surface area contributed by atoms with Gasteiger partial charge in [0.15, 0.2) is 0 Å². The van der Waals surface area contributed by atoms with Crippen molar-refractivity contribution in [1.82, 2.24) is 5.32 Å². The molecule has 1 aliphatic heterocycles. The Morgan fingerprint density at radius 2 is 2.28 bits per heavy atom. The third-order valence-corrected chi connectivity index (χ3v) is 2.92. The summed E-state index contributed by atoms with van der Waals surface area (Å²) >= 11 is 0. The lowest BCUT2D eigenvalue weighted by Crippen LogP contribution is -2.51. The van der Waals surface area contributed by atoms with Crippen molar-refractivity contribution >= 4 is 0 Å². The third-order valence-electron chi connectivity index (χ3n) is 2.92. The summed E-state index contributed by atoms with van der Waals surface area (Å²) in [5.74, 6) is 0.311. The molecule has 0 aromatic heterocycles. The number of benzene rings is 1. The van der Waals surface area contributed by atoms with Gasteiger partial charge in [-0.2, -0.15) is 0 Å². The number of nitrogens with one attached hydrogen (secondary N) is 1. The molecule has 0 saturated carbocycles. The van der Waals surface area contributed by atoms with Gasteiger partial charge in [0.05, 0.1) is 19.3 Å². The molecule has 0 unspecified atom stereocenters. The Hall–Kier alpha value is -1.13. The fraction of sp³-hybridized carbons (Fsp3) is 0.571. The average Bonchev–Trinajstić information content (AvgIpc) is 2.31. The molecule has 1 fully saturated rings. The lowest BCUT2D eigenvalue weighted by Gasteiger charge is -2.33. The monoisotopic (exact) mass is 253 g/mol. The molecule has 0 spiro atoms. The van der Waals surface area contributed by atoms with Crippen LogP contribution in [-0.2, 0) is 4.74 Å². The number of rotatable bonds is 4. The molecular formula is C14H20FNO2. The minimum Gasteiger partial charge on any atom is -0.489 e. The van der Waals surface area contributed by atoms with E-state index < -0.39 is 0 Å². The maximum absolute atomic E-state index is 13.1. The van der Waals surface area contributed by atoms with Gasteiger partial charge < -0.3 is 14.8 Å². The summed E-state index contributed by atoms with van der Waals surface area (Å²) in [5, 5.41) is 3.42. The molecule has 0 bridgehead atoms. The number of hydrogen-bond acceptors (Lipinski definition) is 3. The first-order valence-corrected chi connectivity index (χ1v) is 6.41. The lowest BCUT2D eigenvalue weighted by molar-refractivity contribution is -0.00641. The largest absolute Gasteiger partial charge is 0.489 e. The highest BCUT2D eigenvalue weighted by Gasteiger charge is 2.27. The first kappa shape index (κ1) is 13.3. The lowest BCUT2D eigenvalue weighted by atomic mass is 10.1. The summed E-state index contributed by atoms with van der Waals surface area (Å²) in [6.07, 6.45) is 0.851. The van der Waals surface area contributed by atoms with Gasteiger partial charge in [-0.3, -0.25) is 0 Å². The normalized spacial score (nSPS) is 24.2. The molecular weight excluding hydrogens is 233 g/mol. The van der Waals surface area contributed by atoms with Crippen molar-refractivity contribution < 1.29 is 13.9 Å². The summed E-state index contributed by atoms with van der Waals surface area (Å²) in [6, 6.07) is 6.81. The first-order chi connectivity index (χ1) is 8.65. The van der Waals surface area contributed by atoms with Crippen molar-refractivity contribution in [2.75, 3.05) is 13.2 Å². The van der Waals surface area contributed by atoms with E-state index >= 15 is 0 Å². The molecule has 0 radical (unpaired) electrons. The van der Waals surface area contributed by atoms with Gasteiger partial charge >= 0.3 is 0 Å². The standard InChI is InChI=1S/C14H20FNO2/c1-10(2)16-13-9-17-7-6-14(13)18-12-5-3-4-11(15)8-12/h3-5,8,10,13-14,16H,6-7,9H2,1-2H3/t13-,14+/m1/s1. The molecule has 1 heterocycles. The van der Waals surface area contributed by atoms with E-state index in [0.29, 0.717) is 25.0 Å². The van der Waals surface area contributed by atoms with Crippen LogP contribution in [0.3, 0.4) is 0 Å². The molecule has 1 aromatic rings. The quantitative estimate of drug-likeness (QED) is 0.893. The van der Waals surface area contributed by atoms with E-state index in [0.717, 1.165) is 6.42 Å². The third kappa shape index (κ3) is 3.68. The van der Waals surface area contributed by atoms with Gasteiger partial charge in [0, 0.05) is 18.5 Å². The fourth-order valence-electron chi connectivity index (χ4n) is 2.16. The maximum atomic E-state index is 13.1. The molecule has 2 atom stereocenters. The zero-order chi connectivity index (χ0) is 13.0. The van der Waals surface area contributed by atoms with Crippen LogP contribution in [0.4, 0.5) is 4.39 Å². The Morgan fingerprint density at radius 1 is 1.44 bits per heavy atom. The number of ether oxygens (including phenoxy) is 2. The molecule has 0 amide bonds. The predicted molar refractivity (Wildman–Crippen MR) is 68.3 cm³/mol. The molecule has 4 heteroatoms. The topological polar surface area (TPSA) is 30.5 Å². The Balaban J connectivity index is 2.00. The number of halogens is 1. The van der Waals surface area contributed by atoms with Gasteiger partial charge in [-0.1, -0.05) is 19.9 Å². The Labute approximate surface area is 107 Å². The van der Waals surface area contributed by atoms with Crippen molar-refractivity contribution in [3.05, 3.63) is 30.1 Å². The molecule has 18 heavy (non-hydrogen) atoms. The summed E-state index contributed by atoms with van der Waals surface area (Å²) in [4.78, 5) is 0. The predicted octanol–water partition coefficient (Wildman–Crippen LogP) is 2.36. The second kappa shape index (κ2) is 6.16. The van der Waals surface area contributed by atoms with Gasteiger partial charge in [-0.05, 0) is 12.1 Å². The van der Waals surface area contributed by atoms with Crippen LogP contribution in [0, 0.1) is 5.82 Å². The van der Waals surface area contributed by atoms with E-state index in [1.807, 2.05) is 0 Å². The van der Waals surface area contributed by atoms with Gasteiger partial charge in [0.1, 0.15) is 17.7 Å². The van der Waals surface area contributed by atoms with E-state index in [-0.39, 0.29) is 18.0 Å². The Morgan fingerprint density at radius 3 is 3.00 bits per heavy atom. The van der Waals surface area contributed by atoms with Crippen molar-refractivity contribution in [2.24, 2.45) is 0 Å². The minimum absolute atomic E-state index is 0.0305. The molecule has 2 rings (SSSR count). The van der Waals surface area contributed by atoms with Crippen molar-refractivity contribution in [3.63, 3.8) is 0 Å². The zero-order valence-corrected chi connectivity index (χ0v) is 10.9. The second-order valence-electron chi connectivity index (χ2n) is 4.91. The van der Waals surface area contributed by atoms with Crippen LogP contribution < -0.4 is 10.1 Å². The summed E-state index contributed by atoms with van der Waals surface area (Å²) < 4.78 is 24.4. The van der Waals surface area contributed by atoms with Crippen LogP contribution in [0.2, 0.25) is 0 Å². The summed E-state index contributed by atoms with van der Waals surface area (Å²) in [7, 11) is 0. The number of hydrogen-bond donors (Lipinski definition) is 1. The molecule has 1 aromatic carbocycles.